The van der Waals surface area contributed by atoms with Gasteiger partial charge < -0.3 is 25.2 Å². The molecule has 8 nitrogen and oxygen atoms in total. The van der Waals surface area contributed by atoms with E-state index in [9.17, 15) is 14.4 Å². The van der Waals surface area contributed by atoms with Crippen LogP contribution in [-0.2, 0) is 20.8 Å². The Bertz CT molecular complexity index is 1200. The van der Waals surface area contributed by atoms with Gasteiger partial charge in [-0.3, -0.25) is 4.79 Å². The van der Waals surface area contributed by atoms with Crippen molar-refractivity contribution in [2.24, 2.45) is 0 Å². The molecule has 0 saturated carbocycles. The molecule has 2 amide bonds. The lowest BCUT2D eigenvalue weighted by Gasteiger charge is -2.19. The molecule has 1 aliphatic rings. The summed E-state index contributed by atoms with van der Waals surface area (Å²) in [5, 5.41) is 14.4. The number of rotatable bonds is 9. The van der Waals surface area contributed by atoms with Gasteiger partial charge in [0.1, 0.15) is 12.6 Å². The molecule has 0 aromatic heterocycles. The predicted octanol–water partition coefficient (Wildman–Crippen LogP) is 3.55. The van der Waals surface area contributed by atoms with E-state index >= 15 is 0 Å². The number of benzene rings is 3. The molecule has 4 rings (SSSR count). The van der Waals surface area contributed by atoms with E-state index < -0.39 is 24.0 Å². The van der Waals surface area contributed by atoms with Crippen LogP contribution in [-0.4, -0.2) is 49.4 Å². The van der Waals surface area contributed by atoms with Crippen molar-refractivity contribution in [1.29, 1.82) is 0 Å². The monoisotopic (exact) mass is 474 g/mol. The fourth-order valence-corrected chi connectivity index (χ4v) is 4.26. The second-order valence-electron chi connectivity index (χ2n) is 8.20. The molecule has 0 radical (unpaired) electrons. The number of alkyl carbamates (subject to hydrolysis) is 1. The van der Waals surface area contributed by atoms with Gasteiger partial charge in [0.2, 0.25) is 5.91 Å². The normalized spacial score (nSPS) is 12.8. The summed E-state index contributed by atoms with van der Waals surface area (Å²) < 4.78 is 10.6. The van der Waals surface area contributed by atoms with Gasteiger partial charge in [-0.1, -0.05) is 60.7 Å². The number of fused-ring (bicyclic) bond motifs is 3. The maximum Gasteiger partial charge on any atom is 0.407 e. The van der Waals surface area contributed by atoms with E-state index in [4.69, 9.17) is 14.6 Å². The molecule has 3 aromatic rings. The fraction of sp³-hybridized carbons (Fsp3) is 0.222. The summed E-state index contributed by atoms with van der Waals surface area (Å²) in [6, 6.07) is 21.3. The molecule has 0 aliphatic heterocycles. The van der Waals surface area contributed by atoms with E-state index in [0.29, 0.717) is 5.56 Å². The molecule has 0 heterocycles. The first kappa shape index (κ1) is 24.0. The van der Waals surface area contributed by atoms with Gasteiger partial charge in [-0.15, -0.1) is 0 Å². The summed E-state index contributed by atoms with van der Waals surface area (Å²) in [6.45, 7) is 0.181. The quantitative estimate of drug-likeness (QED) is 0.437. The minimum Gasteiger partial charge on any atom is -0.478 e. The Morgan fingerprint density at radius 1 is 0.943 bits per heavy atom. The third-order valence-corrected chi connectivity index (χ3v) is 5.93. The van der Waals surface area contributed by atoms with Crippen LogP contribution in [0, 0.1) is 0 Å². The number of methoxy groups -OCH3 is 1. The van der Waals surface area contributed by atoms with Crippen molar-refractivity contribution in [2.75, 3.05) is 20.3 Å². The summed E-state index contributed by atoms with van der Waals surface area (Å²) in [7, 11) is 1.43. The van der Waals surface area contributed by atoms with Gasteiger partial charge in [-0.25, -0.2) is 9.59 Å². The minimum atomic E-state index is -1.05. The number of carboxylic acid groups (broad SMARTS) is 1. The molecular formula is C27H26N2O6. The lowest BCUT2D eigenvalue weighted by atomic mass is 9.98. The lowest BCUT2D eigenvalue weighted by Crippen LogP contribution is -2.49. The Morgan fingerprint density at radius 2 is 1.60 bits per heavy atom. The van der Waals surface area contributed by atoms with Crippen molar-refractivity contribution in [2.45, 2.75) is 18.5 Å². The number of aromatic carboxylic acids is 1. The topological polar surface area (TPSA) is 114 Å². The summed E-state index contributed by atoms with van der Waals surface area (Å²) in [5.41, 5.74) is 5.19. The Kier molecular flexibility index (Phi) is 7.42. The number of nitrogens with one attached hydrogen (secondary N) is 2. The van der Waals surface area contributed by atoms with Crippen molar-refractivity contribution >= 4 is 18.0 Å². The van der Waals surface area contributed by atoms with E-state index in [1.54, 1.807) is 12.1 Å². The molecule has 0 fully saturated rings. The molecule has 8 heteroatoms. The van der Waals surface area contributed by atoms with Crippen LogP contribution in [0.5, 0.6) is 0 Å². The Morgan fingerprint density at radius 3 is 2.23 bits per heavy atom. The lowest BCUT2D eigenvalue weighted by molar-refractivity contribution is -0.124. The van der Waals surface area contributed by atoms with Crippen molar-refractivity contribution in [3.63, 3.8) is 0 Å². The van der Waals surface area contributed by atoms with Crippen molar-refractivity contribution in [1.82, 2.24) is 10.6 Å². The molecule has 0 spiro atoms. The highest BCUT2D eigenvalue weighted by atomic mass is 16.5. The molecule has 0 bridgehead atoms. The van der Waals surface area contributed by atoms with Crippen LogP contribution in [0.1, 0.15) is 33.0 Å². The maximum atomic E-state index is 12.7. The number of hydrogen-bond acceptors (Lipinski definition) is 5. The highest BCUT2D eigenvalue weighted by Gasteiger charge is 2.29. The van der Waals surface area contributed by atoms with Gasteiger partial charge in [0.05, 0.1) is 12.2 Å². The van der Waals surface area contributed by atoms with Crippen LogP contribution >= 0.6 is 0 Å². The number of amides is 2. The first-order chi connectivity index (χ1) is 17.0. The van der Waals surface area contributed by atoms with E-state index in [0.717, 1.165) is 22.3 Å². The Balaban J connectivity index is 1.36. The smallest absolute Gasteiger partial charge is 0.407 e. The number of carbonyl (C=O) groups excluding carboxylic acids is 2. The van der Waals surface area contributed by atoms with Crippen LogP contribution in [0.3, 0.4) is 0 Å². The van der Waals surface area contributed by atoms with E-state index in [1.165, 1.54) is 19.2 Å². The van der Waals surface area contributed by atoms with Crippen LogP contribution in [0.25, 0.3) is 11.1 Å². The molecular weight excluding hydrogens is 448 g/mol. The van der Waals surface area contributed by atoms with Crippen molar-refractivity contribution in [3.8, 4) is 11.1 Å². The summed E-state index contributed by atoms with van der Waals surface area (Å²) in [5.74, 6) is -1.61. The van der Waals surface area contributed by atoms with Gasteiger partial charge in [0, 0.05) is 19.6 Å². The van der Waals surface area contributed by atoms with Gasteiger partial charge in [0.25, 0.3) is 0 Å². The zero-order chi connectivity index (χ0) is 24.8. The minimum absolute atomic E-state index is 0.0504. The SMILES string of the molecule is COC[C@H](NC(=O)OCC1c2ccccc2-c2ccccc21)C(=O)NCc1cccc(C(=O)O)c1. The van der Waals surface area contributed by atoms with Gasteiger partial charge >= 0.3 is 12.1 Å². The highest BCUT2D eigenvalue weighted by Crippen LogP contribution is 2.44. The molecule has 0 saturated heterocycles. The fourth-order valence-electron chi connectivity index (χ4n) is 4.26. The molecule has 1 atom stereocenters. The predicted molar refractivity (Wildman–Crippen MR) is 129 cm³/mol. The molecule has 1 aliphatic carbocycles. The zero-order valence-corrected chi connectivity index (χ0v) is 19.2. The first-order valence-corrected chi connectivity index (χ1v) is 11.2. The average Bonchev–Trinajstić information content (AvgIpc) is 3.19. The van der Waals surface area contributed by atoms with Crippen LogP contribution in [0.2, 0.25) is 0 Å². The molecule has 3 aromatic carbocycles. The van der Waals surface area contributed by atoms with Crippen LogP contribution < -0.4 is 10.6 Å². The van der Waals surface area contributed by atoms with Crippen molar-refractivity contribution < 1.29 is 29.0 Å². The highest BCUT2D eigenvalue weighted by molar-refractivity contribution is 5.88. The van der Waals surface area contributed by atoms with E-state index in [1.807, 2.05) is 36.4 Å². The zero-order valence-electron chi connectivity index (χ0n) is 19.2. The molecule has 180 valence electrons. The summed E-state index contributed by atoms with van der Waals surface area (Å²) in [6.07, 6.45) is -0.725. The van der Waals surface area contributed by atoms with Gasteiger partial charge in [0.15, 0.2) is 0 Å². The molecule has 35 heavy (non-hydrogen) atoms. The molecule has 0 unspecified atom stereocenters. The third kappa shape index (κ3) is 5.50. The van der Waals surface area contributed by atoms with Crippen LogP contribution in [0.4, 0.5) is 4.79 Å². The maximum absolute atomic E-state index is 12.7. The Labute approximate surface area is 202 Å². The average molecular weight is 475 g/mol. The van der Waals surface area contributed by atoms with Crippen molar-refractivity contribution in [3.05, 3.63) is 95.1 Å². The Hall–Kier alpha value is -4.17. The number of carboxylic acids is 1. The summed E-state index contributed by atoms with van der Waals surface area (Å²) in [4.78, 5) is 36.4. The van der Waals surface area contributed by atoms with Crippen LogP contribution in [0.15, 0.2) is 72.8 Å². The second kappa shape index (κ2) is 10.8. The van der Waals surface area contributed by atoms with E-state index in [2.05, 4.69) is 22.8 Å². The third-order valence-electron chi connectivity index (χ3n) is 5.93. The number of carbonyl (C=O) groups is 3. The largest absolute Gasteiger partial charge is 0.478 e. The first-order valence-electron chi connectivity index (χ1n) is 11.2. The van der Waals surface area contributed by atoms with E-state index in [-0.39, 0.29) is 31.2 Å². The standard InChI is InChI=1S/C27H26N2O6/c1-34-16-24(25(30)28-14-17-7-6-8-18(13-17)26(31)32)29-27(33)35-15-23-21-11-4-2-9-19(21)20-10-3-5-12-22(20)23/h2-13,23-24H,14-16H2,1H3,(H,28,30)(H,29,33)(H,31,32)/t24-/m0/s1. The number of ether oxygens (including phenoxy) is 2. The van der Waals surface area contributed by atoms with Gasteiger partial charge in [-0.05, 0) is 39.9 Å². The second-order valence-corrected chi connectivity index (χ2v) is 8.20. The number of hydrogen-bond donors (Lipinski definition) is 3. The summed E-state index contributed by atoms with van der Waals surface area (Å²) >= 11 is 0. The van der Waals surface area contributed by atoms with Gasteiger partial charge in [-0.2, -0.15) is 0 Å². The molecule has 3 N–H and O–H groups in total.